The van der Waals surface area contributed by atoms with E-state index in [4.69, 9.17) is 23.2 Å². The van der Waals surface area contributed by atoms with Gasteiger partial charge in [-0.2, -0.15) is 0 Å². The molecule has 118 valence electrons. The number of benzene rings is 1. The summed E-state index contributed by atoms with van der Waals surface area (Å²) in [5.74, 6) is 6.10. The predicted octanol–water partition coefficient (Wildman–Crippen LogP) is 4.71. The van der Waals surface area contributed by atoms with E-state index in [1.165, 1.54) is 0 Å². The van der Waals surface area contributed by atoms with Gasteiger partial charge in [-0.05, 0) is 52.1 Å². The number of nitrogens with zero attached hydrogens (tertiary/aromatic N) is 1. The van der Waals surface area contributed by atoms with Gasteiger partial charge in [-0.3, -0.25) is 9.69 Å². The zero-order chi connectivity index (χ0) is 16.8. The van der Waals surface area contributed by atoms with Crippen molar-refractivity contribution in [2.45, 2.75) is 20.8 Å². The summed E-state index contributed by atoms with van der Waals surface area (Å²) >= 11 is 11.9. The molecule has 0 amide bonds. The Labute approximate surface area is 143 Å². The molecule has 0 unspecified atom stereocenters. The third-order valence-electron chi connectivity index (χ3n) is 2.71. The molecule has 0 heterocycles. The standard InChI is InChI=1S/C18H21Cl2NO/c1-18(2,3)10-6-5-7-11-21(4)13-17(22)15-9-8-14(19)12-16(15)20/h5,7-9,12H,11,13H2,1-4H3. The molecule has 0 radical (unpaired) electrons. The highest BCUT2D eigenvalue weighted by atomic mass is 35.5. The predicted molar refractivity (Wildman–Crippen MR) is 94.7 cm³/mol. The molecule has 1 aromatic rings. The number of hydrogen-bond acceptors (Lipinski definition) is 2. The molecule has 0 atom stereocenters. The SMILES string of the molecule is CN(CC=CC#CC(C)(C)C)CC(=O)c1ccc(Cl)cc1Cl. The van der Waals surface area contributed by atoms with Crippen LogP contribution in [0, 0.1) is 17.3 Å². The minimum absolute atomic E-state index is 0.00244. The summed E-state index contributed by atoms with van der Waals surface area (Å²) in [7, 11) is 1.88. The first-order valence-corrected chi connectivity index (χ1v) is 7.79. The first kappa shape index (κ1) is 18.8. The van der Waals surface area contributed by atoms with Crippen LogP contribution < -0.4 is 0 Å². The van der Waals surface area contributed by atoms with Gasteiger partial charge in [-0.1, -0.05) is 41.1 Å². The average molecular weight is 338 g/mol. The summed E-state index contributed by atoms with van der Waals surface area (Å²) in [5, 5.41) is 0.910. The Morgan fingerprint density at radius 3 is 2.59 bits per heavy atom. The molecule has 4 heteroatoms. The van der Waals surface area contributed by atoms with Crippen LogP contribution in [0.3, 0.4) is 0 Å². The average Bonchev–Trinajstić information content (AvgIpc) is 2.36. The quantitative estimate of drug-likeness (QED) is 0.572. The van der Waals surface area contributed by atoms with Gasteiger partial charge in [-0.25, -0.2) is 0 Å². The van der Waals surface area contributed by atoms with Crippen molar-refractivity contribution in [1.29, 1.82) is 0 Å². The number of ketones is 1. The van der Waals surface area contributed by atoms with E-state index in [9.17, 15) is 4.79 Å². The van der Waals surface area contributed by atoms with Gasteiger partial charge in [0, 0.05) is 22.5 Å². The maximum Gasteiger partial charge on any atom is 0.178 e. The van der Waals surface area contributed by atoms with Crippen molar-refractivity contribution in [3.05, 3.63) is 46.0 Å². The lowest BCUT2D eigenvalue weighted by Gasteiger charge is -2.13. The van der Waals surface area contributed by atoms with Crippen LogP contribution in [0.25, 0.3) is 0 Å². The van der Waals surface area contributed by atoms with Crippen molar-refractivity contribution in [2.24, 2.45) is 5.41 Å². The summed E-state index contributed by atoms with van der Waals surface area (Å²) in [6.07, 6.45) is 3.76. The summed E-state index contributed by atoms with van der Waals surface area (Å²) in [5.41, 5.74) is 0.492. The van der Waals surface area contributed by atoms with E-state index in [0.29, 0.717) is 28.7 Å². The molecule has 2 nitrogen and oxygen atoms in total. The molecule has 1 aromatic carbocycles. The zero-order valence-corrected chi connectivity index (χ0v) is 14.9. The minimum Gasteiger partial charge on any atom is -0.295 e. The first-order valence-electron chi connectivity index (χ1n) is 7.03. The molecule has 0 fully saturated rings. The van der Waals surface area contributed by atoms with E-state index in [2.05, 4.69) is 32.6 Å². The van der Waals surface area contributed by atoms with E-state index in [0.717, 1.165) is 0 Å². The third kappa shape index (κ3) is 7.13. The number of likely N-dealkylation sites (N-methyl/N-ethyl adjacent to an activating group) is 1. The van der Waals surface area contributed by atoms with E-state index >= 15 is 0 Å². The topological polar surface area (TPSA) is 20.3 Å². The van der Waals surface area contributed by atoms with E-state index in [1.807, 2.05) is 24.1 Å². The molecule has 0 aliphatic carbocycles. The fourth-order valence-corrected chi connectivity index (χ4v) is 2.17. The highest BCUT2D eigenvalue weighted by Gasteiger charge is 2.12. The van der Waals surface area contributed by atoms with Gasteiger partial charge in [-0.15, -0.1) is 0 Å². The molecule has 0 saturated heterocycles. The van der Waals surface area contributed by atoms with Crippen molar-refractivity contribution < 1.29 is 4.79 Å². The lowest BCUT2D eigenvalue weighted by atomic mass is 9.98. The smallest absolute Gasteiger partial charge is 0.178 e. The van der Waals surface area contributed by atoms with Gasteiger partial charge in [0.25, 0.3) is 0 Å². The monoisotopic (exact) mass is 337 g/mol. The molecule has 1 rings (SSSR count). The van der Waals surface area contributed by atoms with Gasteiger partial charge in [0.15, 0.2) is 5.78 Å². The highest BCUT2D eigenvalue weighted by molar-refractivity contribution is 6.36. The molecule has 0 aromatic heterocycles. The summed E-state index contributed by atoms with van der Waals surface area (Å²) < 4.78 is 0. The number of Topliss-reactive ketones (excluding diaryl/α,β-unsaturated/α-hetero) is 1. The Balaban J connectivity index is 2.54. The molecule has 22 heavy (non-hydrogen) atoms. The number of allylic oxidation sites excluding steroid dienone is 1. The normalized spacial score (nSPS) is 11.6. The summed E-state index contributed by atoms with van der Waals surface area (Å²) in [6.45, 7) is 7.13. The van der Waals surface area contributed by atoms with Crippen LogP contribution in [0.2, 0.25) is 10.0 Å². The van der Waals surface area contributed by atoms with Gasteiger partial charge >= 0.3 is 0 Å². The first-order chi connectivity index (χ1) is 10.2. The lowest BCUT2D eigenvalue weighted by molar-refractivity contribution is 0.0952. The van der Waals surface area contributed by atoms with Crippen molar-refractivity contribution in [1.82, 2.24) is 4.90 Å². The number of carbonyl (C=O) groups excluding carboxylic acids is 1. The van der Waals surface area contributed by atoms with Gasteiger partial charge in [0.1, 0.15) is 0 Å². The number of hydrogen-bond donors (Lipinski definition) is 0. The van der Waals surface area contributed by atoms with Gasteiger partial charge < -0.3 is 0 Å². The van der Waals surface area contributed by atoms with Crippen molar-refractivity contribution in [3.8, 4) is 11.8 Å². The van der Waals surface area contributed by atoms with E-state index < -0.39 is 0 Å². The van der Waals surface area contributed by atoms with Crippen LogP contribution in [0.15, 0.2) is 30.4 Å². The molecular formula is C18H21Cl2NO. The van der Waals surface area contributed by atoms with Crippen molar-refractivity contribution in [2.75, 3.05) is 20.1 Å². The number of carbonyl (C=O) groups is 1. The second-order valence-corrected chi connectivity index (χ2v) is 7.01. The molecule has 0 bridgehead atoms. The van der Waals surface area contributed by atoms with Crippen LogP contribution in [0.4, 0.5) is 0 Å². The molecule has 0 aliphatic heterocycles. The molecular weight excluding hydrogens is 317 g/mol. The highest BCUT2D eigenvalue weighted by Crippen LogP contribution is 2.21. The van der Waals surface area contributed by atoms with Crippen LogP contribution in [0.5, 0.6) is 0 Å². The molecule has 0 spiro atoms. The van der Waals surface area contributed by atoms with Gasteiger partial charge in [0.2, 0.25) is 0 Å². The summed E-state index contributed by atoms with van der Waals surface area (Å²) in [4.78, 5) is 14.1. The number of halogens is 2. The maximum atomic E-state index is 12.2. The van der Waals surface area contributed by atoms with E-state index in [1.54, 1.807) is 18.2 Å². The second kappa shape index (κ2) is 8.39. The molecule has 0 aliphatic rings. The Morgan fingerprint density at radius 1 is 1.32 bits per heavy atom. The van der Waals surface area contributed by atoms with Crippen molar-refractivity contribution in [3.63, 3.8) is 0 Å². The maximum absolute atomic E-state index is 12.2. The zero-order valence-electron chi connectivity index (χ0n) is 13.4. The van der Waals surface area contributed by atoms with E-state index in [-0.39, 0.29) is 11.2 Å². The Kier molecular flexibility index (Phi) is 7.16. The van der Waals surface area contributed by atoms with Crippen LogP contribution in [0.1, 0.15) is 31.1 Å². The van der Waals surface area contributed by atoms with Crippen molar-refractivity contribution >= 4 is 29.0 Å². The van der Waals surface area contributed by atoms with Crippen LogP contribution >= 0.6 is 23.2 Å². The Hall–Kier alpha value is -1.27. The second-order valence-electron chi connectivity index (χ2n) is 6.17. The fraction of sp³-hybridized carbons (Fsp3) is 0.389. The fourth-order valence-electron chi connectivity index (χ4n) is 1.66. The van der Waals surface area contributed by atoms with Gasteiger partial charge in [0.05, 0.1) is 11.6 Å². The lowest BCUT2D eigenvalue weighted by Crippen LogP contribution is -2.26. The molecule has 0 N–H and O–H groups in total. The van der Waals surface area contributed by atoms with Crippen LogP contribution in [-0.2, 0) is 0 Å². The summed E-state index contributed by atoms with van der Waals surface area (Å²) in [6, 6.07) is 4.91. The minimum atomic E-state index is -0.0293. The Bertz CT molecular complexity index is 618. The molecule has 0 saturated carbocycles. The third-order valence-corrected chi connectivity index (χ3v) is 3.26. The largest absolute Gasteiger partial charge is 0.295 e. The number of rotatable bonds is 5. The van der Waals surface area contributed by atoms with Crippen LogP contribution in [-0.4, -0.2) is 30.8 Å². The Morgan fingerprint density at radius 2 is 2.00 bits per heavy atom.